The molecule has 0 aliphatic heterocycles. The lowest BCUT2D eigenvalue weighted by atomic mass is 9.91. The molecule has 140 heavy (non-hydrogen) atoms. The summed E-state index contributed by atoms with van der Waals surface area (Å²) in [5.74, 6) is 0. The third-order valence-corrected chi connectivity index (χ3v) is 10.5. The monoisotopic (exact) mass is 2040 g/mol. The van der Waals surface area contributed by atoms with Gasteiger partial charge in [-0.15, -0.1) is 0 Å². The SMILES string of the molecule is C.C.C.C.C.C.C.C.C.C.C.CC.CC.CC.CC.CC.CC.CC.CC.CC.CC(C)(C)C.CC(C)(C)C.CC(C)(C)C.CC(C)(C)C.CC(C)(C)C.CC(C)(C)C.CC(C)(C)C.CC(C)(C)C.CC(C)(C)C.CC(C)(C)C.CCC(C)(C)C.CCC(C)(C)C.CCC(C)(C)C.CCC(C)(C)C.CCC(C)(C)C.CCC(C)(C)C.CCC(C)(C)C.CCC(C)(C)C.CCC(C)(C)C.CCCC(C)(C)C. The zero-order valence-corrected chi connectivity index (χ0v) is 116. The van der Waals surface area contributed by atoms with Gasteiger partial charge in [-0.1, -0.05) is 824 Å². The Morgan fingerprint density at radius 3 is 0.114 bits per heavy atom. The van der Waals surface area contributed by atoms with Crippen LogP contribution in [0.15, 0.2) is 0 Å². The van der Waals surface area contributed by atoms with Gasteiger partial charge < -0.3 is 0 Å². The van der Waals surface area contributed by atoms with E-state index in [2.05, 4.69) is 554 Å². The van der Waals surface area contributed by atoms with Crippen molar-refractivity contribution in [2.45, 2.75) is 831 Å². The summed E-state index contributed by atoms with van der Waals surface area (Å²) in [4.78, 5) is 0. The van der Waals surface area contributed by atoms with E-state index in [9.17, 15) is 0 Å². The lowest BCUT2D eigenvalue weighted by Gasteiger charge is -2.15. The minimum atomic E-state index is 0. The Morgan fingerprint density at radius 1 is 0.0857 bits per heavy atom. The molecule has 0 spiro atoms. The first kappa shape index (κ1) is 270. The van der Waals surface area contributed by atoms with Gasteiger partial charge in [0.15, 0.2) is 0 Å². The Labute approximate surface area is 933 Å². The molecule has 0 unspecified atom stereocenters. The highest BCUT2D eigenvalue weighted by molar-refractivity contribution is 4.62. The van der Waals surface area contributed by atoms with Gasteiger partial charge in [-0.25, -0.2) is 0 Å². The van der Waals surface area contributed by atoms with E-state index >= 15 is 0 Å². The zero-order valence-electron chi connectivity index (χ0n) is 116. The van der Waals surface area contributed by atoms with Crippen LogP contribution in [0.3, 0.4) is 0 Å². The first-order chi connectivity index (χ1) is 55.1. The molecule has 0 bridgehead atoms. The van der Waals surface area contributed by atoms with Crippen LogP contribution in [-0.4, -0.2) is 0 Å². The summed E-state index contributed by atoms with van der Waals surface area (Å²) in [6.07, 6.45) is 14.1. The number of hydrogen-bond donors (Lipinski definition) is 0. The summed E-state index contributed by atoms with van der Waals surface area (Å²) in [5, 5.41) is 0. The highest BCUT2D eigenvalue weighted by atomic mass is 14.2. The molecule has 0 aromatic heterocycles. The van der Waals surface area contributed by atoms with Crippen LogP contribution in [0, 0.1) is 108 Å². The van der Waals surface area contributed by atoms with Crippen LogP contribution in [0.5, 0.6) is 0 Å². The van der Waals surface area contributed by atoms with Crippen molar-refractivity contribution in [1.82, 2.24) is 0 Å². The molecule has 0 atom stereocenters. The summed E-state index contributed by atoms with van der Waals surface area (Å²) in [6, 6.07) is 0. The van der Waals surface area contributed by atoms with Gasteiger partial charge in [0.25, 0.3) is 0 Å². The quantitative estimate of drug-likeness (QED) is 0.245. The maximum absolute atomic E-state index is 2.27. The predicted molar refractivity (Wildman–Crippen MR) is 730 cm³/mol. The van der Waals surface area contributed by atoms with Crippen LogP contribution < -0.4 is 0 Å². The standard InChI is InChI=1S/C7H16.9C6H14.10C5H12.9C2H6.11CH4/c1-5-6-7(2,3)4;9*1-5-6(2,3)4;10*1-5(2,3)4;9*1-2;;;;;;;;;;;/h5-6H2,1-4H3;9*5H2,1-4H3;10*1-4H3;9*1-2H3;11*1H4. The van der Waals surface area contributed by atoms with Crippen LogP contribution in [0.25, 0.3) is 0 Å². The Hall–Kier alpha value is 0. The average molecular weight is 2040 g/mol. The van der Waals surface area contributed by atoms with Crippen molar-refractivity contribution in [1.29, 1.82) is 0 Å². The molecular weight excluding hydrogens is 1680 g/mol. The van der Waals surface area contributed by atoms with Gasteiger partial charge in [-0.05, 0) is 115 Å². The van der Waals surface area contributed by atoms with E-state index < -0.39 is 0 Å². The minimum absolute atomic E-state index is 0. The Kier molecular flexibility index (Phi) is 298. The highest BCUT2D eigenvalue weighted by Gasteiger charge is 2.10. The summed E-state index contributed by atoms with van der Waals surface area (Å²) in [7, 11) is 0. The lowest BCUT2D eigenvalue weighted by Crippen LogP contribution is -2.02. The van der Waals surface area contributed by atoms with E-state index in [0.29, 0.717) is 108 Å². The first-order valence-corrected chi connectivity index (χ1v) is 55.1. The normalized spacial score (nSPS) is 9.90. The van der Waals surface area contributed by atoms with Crippen molar-refractivity contribution in [2.75, 3.05) is 0 Å². The second-order valence-electron chi connectivity index (χ2n) is 59.5. The molecular formula is C140H360. The van der Waals surface area contributed by atoms with Crippen molar-refractivity contribution >= 4 is 0 Å². The summed E-state index contributed by atoms with van der Waals surface area (Å²) < 4.78 is 0. The second kappa shape index (κ2) is 154. The van der Waals surface area contributed by atoms with Crippen LogP contribution in [0.1, 0.15) is 831 Å². The van der Waals surface area contributed by atoms with Crippen molar-refractivity contribution in [3.63, 3.8) is 0 Å². The van der Waals surface area contributed by atoms with Crippen molar-refractivity contribution in [2.24, 2.45) is 108 Å². The largest absolute Gasteiger partial charge is 0.0776 e. The Bertz CT molecular complexity index is 1190. The van der Waals surface area contributed by atoms with Gasteiger partial charge in [-0.3, -0.25) is 0 Å². The molecule has 0 fully saturated rings. The van der Waals surface area contributed by atoms with Gasteiger partial charge in [0.2, 0.25) is 0 Å². The third kappa shape index (κ3) is 2700. The maximum atomic E-state index is 2.27. The third-order valence-electron chi connectivity index (χ3n) is 10.5. The molecule has 920 valence electrons. The summed E-state index contributed by atoms with van der Waals surface area (Å²) in [6.45, 7) is 213. The van der Waals surface area contributed by atoms with Gasteiger partial charge in [-0.2, -0.15) is 0 Å². The van der Waals surface area contributed by atoms with E-state index in [4.69, 9.17) is 0 Å². The molecule has 0 radical (unpaired) electrons. The Morgan fingerprint density at radius 2 is 0.114 bits per heavy atom. The number of hydrogen-bond acceptors (Lipinski definition) is 0. The highest BCUT2D eigenvalue weighted by Crippen LogP contribution is 2.23. The fourth-order valence-corrected chi connectivity index (χ4v) is 0.750. The molecule has 0 aliphatic carbocycles. The molecule has 0 N–H and O–H groups in total. The molecule has 0 nitrogen and oxygen atoms in total. The van der Waals surface area contributed by atoms with E-state index in [1.54, 1.807) is 0 Å². The molecule has 0 aliphatic rings. The van der Waals surface area contributed by atoms with Crippen LogP contribution in [-0.2, 0) is 0 Å². The van der Waals surface area contributed by atoms with Crippen LogP contribution >= 0.6 is 0 Å². The molecule has 0 saturated heterocycles. The zero-order chi connectivity index (χ0) is 116. The molecule has 0 rings (SSSR count). The van der Waals surface area contributed by atoms with E-state index in [0.717, 1.165) is 0 Å². The van der Waals surface area contributed by atoms with E-state index in [1.165, 1.54) is 70.6 Å². The molecule has 0 aromatic rings. The predicted octanol–water partition coefficient (Wildman–Crippen LogP) is 61.6. The van der Waals surface area contributed by atoms with Crippen molar-refractivity contribution in [3.8, 4) is 0 Å². The van der Waals surface area contributed by atoms with E-state index in [1.807, 2.05) is 125 Å². The second-order valence-corrected chi connectivity index (χ2v) is 59.5. The summed E-state index contributed by atoms with van der Waals surface area (Å²) >= 11 is 0. The fourth-order valence-electron chi connectivity index (χ4n) is 0.750. The summed E-state index contributed by atoms with van der Waals surface area (Å²) in [5.41, 5.74) is 10.4. The maximum Gasteiger partial charge on any atom is -0.0383 e. The molecule has 0 saturated carbocycles. The molecule has 0 aromatic carbocycles. The van der Waals surface area contributed by atoms with E-state index in [-0.39, 0.29) is 81.7 Å². The fraction of sp³-hybridized carbons (Fsp3) is 1.00. The number of rotatable bonds is 1. The van der Waals surface area contributed by atoms with Crippen LogP contribution in [0.4, 0.5) is 0 Å². The topological polar surface area (TPSA) is 0 Å². The Balaban J connectivity index is -0.0000000195. The average Bonchev–Trinajstić information content (AvgIpc) is 1.02. The molecule has 0 amide bonds. The van der Waals surface area contributed by atoms with Gasteiger partial charge >= 0.3 is 0 Å². The van der Waals surface area contributed by atoms with Gasteiger partial charge in [0.1, 0.15) is 0 Å². The van der Waals surface area contributed by atoms with Crippen LogP contribution in [0.2, 0.25) is 0 Å². The van der Waals surface area contributed by atoms with Gasteiger partial charge in [0.05, 0.1) is 0 Å². The lowest BCUT2D eigenvalue weighted by molar-refractivity contribution is 0.373. The molecule has 0 heterocycles. The molecule has 0 heteroatoms. The smallest absolute Gasteiger partial charge is 0.0383 e. The van der Waals surface area contributed by atoms with Gasteiger partial charge in [0, 0.05) is 0 Å². The minimum Gasteiger partial charge on any atom is -0.0776 e. The van der Waals surface area contributed by atoms with Crippen molar-refractivity contribution in [3.05, 3.63) is 0 Å². The first-order valence-electron chi connectivity index (χ1n) is 55.1. The van der Waals surface area contributed by atoms with Crippen molar-refractivity contribution < 1.29 is 0 Å².